The van der Waals surface area contributed by atoms with E-state index >= 15 is 0 Å². The van der Waals surface area contributed by atoms with Crippen molar-refractivity contribution in [2.75, 3.05) is 31.3 Å². The number of nitrogens with zero attached hydrogens (tertiary/aromatic N) is 4. The Labute approximate surface area is 161 Å². The molecule has 0 aliphatic rings. The lowest BCUT2D eigenvalue weighted by atomic mass is 10.2. The first-order valence-electron chi connectivity index (χ1n) is 7.89. The van der Waals surface area contributed by atoms with Crippen molar-refractivity contribution in [2.45, 2.75) is 11.5 Å². The number of carbonyl (C=O) groups excluding carboxylic acids is 1. The predicted octanol–water partition coefficient (Wildman–Crippen LogP) is 0.480. The molecule has 28 heavy (non-hydrogen) atoms. The van der Waals surface area contributed by atoms with Crippen molar-refractivity contribution < 1.29 is 22.3 Å². The second-order valence-electron chi connectivity index (χ2n) is 5.67. The van der Waals surface area contributed by atoms with Gasteiger partial charge < -0.3 is 15.4 Å². The molecular formula is C16H19FN6O4S. The van der Waals surface area contributed by atoms with Crippen LogP contribution in [0.3, 0.4) is 0 Å². The van der Waals surface area contributed by atoms with Gasteiger partial charge >= 0.3 is 5.97 Å². The third-order valence-electron chi connectivity index (χ3n) is 3.29. The second-order valence-corrected chi connectivity index (χ2v) is 7.40. The lowest BCUT2D eigenvalue weighted by Crippen LogP contribution is -2.25. The lowest BCUT2D eigenvalue weighted by molar-refractivity contribution is 0.0461. The summed E-state index contributed by atoms with van der Waals surface area (Å²) in [5.41, 5.74) is 5.43. The minimum absolute atomic E-state index is 0.0480. The van der Waals surface area contributed by atoms with Gasteiger partial charge in [-0.25, -0.2) is 22.3 Å². The van der Waals surface area contributed by atoms with Gasteiger partial charge in [0.15, 0.2) is 12.4 Å². The summed E-state index contributed by atoms with van der Waals surface area (Å²) in [6, 6.07) is 2.86. The Balaban J connectivity index is 2.19. The summed E-state index contributed by atoms with van der Waals surface area (Å²) in [6.45, 7) is 2.95. The van der Waals surface area contributed by atoms with Gasteiger partial charge in [-0.1, -0.05) is 6.08 Å². The largest absolute Gasteiger partial charge is 0.454 e. The molecule has 0 aliphatic heterocycles. The summed E-state index contributed by atoms with van der Waals surface area (Å²) in [6.07, 6.45) is 1.30. The molecule has 0 amide bonds. The number of esters is 1. The van der Waals surface area contributed by atoms with Crippen LogP contribution >= 0.6 is 0 Å². The molecule has 0 bridgehead atoms. The summed E-state index contributed by atoms with van der Waals surface area (Å²) >= 11 is 0. The van der Waals surface area contributed by atoms with E-state index in [-0.39, 0.29) is 36.4 Å². The van der Waals surface area contributed by atoms with Crippen LogP contribution < -0.4 is 15.4 Å². The quantitative estimate of drug-likeness (QED) is 0.469. The van der Waals surface area contributed by atoms with E-state index in [1.807, 2.05) is 0 Å². The number of rotatable bonds is 8. The number of anilines is 2. The molecule has 150 valence electrons. The van der Waals surface area contributed by atoms with Crippen molar-refractivity contribution in [3.05, 3.63) is 48.1 Å². The van der Waals surface area contributed by atoms with E-state index in [4.69, 9.17) is 10.5 Å². The number of halogens is 1. The highest BCUT2D eigenvalue weighted by Gasteiger charge is 2.21. The third-order valence-corrected chi connectivity index (χ3v) is 4.73. The Hall–Kier alpha value is -3.12. The molecule has 1 aromatic carbocycles. The maximum Gasteiger partial charge on any atom is 0.338 e. The van der Waals surface area contributed by atoms with Crippen LogP contribution in [0.2, 0.25) is 0 Å². The highest BCUT2D eigenvalue weighted by Crippen LogP contribution is 2.17. The smallest absolute Gasteiger partial charge is 0.338 e. The Morgan fingerprint density at radius 2 is 2.07 bits per heavy atom. The van der Waals surface area contributed by atoms with E-state index in [1.165, 1.54) is 6.08 Å². The molecule has 0 fully saturated rings. The molecule has 10 nitrogen and oxygen atoms in total. The number of hydrogen-bond donors (Lipinski definition) is 2. The molecule has 0 saturated heterocycles. The average molecular weight is 410 g/mol. The zero-order chi connectivity index (χ0) is 20.9. The number of sulfonamides is 1. The van der Waals surface area contributed by atoms with Crippen LogP contribution in [-0.2, 0) is 21.4 Å². The van der Waals surface area contributed by atoms with E-state index in [0.717, 1.165) is 18.2 Å². The Morgan fingerprint density at radius 1 is 1.36 bits per heavy atom. The molecule has 2 aromatic rings. The van der Waals surface area contributed by atoms with E-state index in [1.54, 1.807) is 19.0 Å². The van der Waals surface area contributed by atoms with Gasteiger partial charge in [-0.2, -0.15) is 15.0 Å². The SMILES string of the molecule is C=CCNS(=O)(=O)c1cc(C(=O)OCc2nc(N)nc(N(C)C)n2)ccc1F. The molecule has 0 saturated carbocycles. The van der Waals surface area contributed by atoms with Crippen molar-refractivity contribution in [3.63, 3.8) is 0 Å². The first kappa shape index (κ1) is 21.2. The summed E-state index contributed by atoms with van der Waals surface area (Å²) in [5.74, 6) is -1.55. The van der Waals surface area contributed by atoms with Gasteiger partial charge in [0.2, 0.25) is 21.9 Å². The zero-order valence-corrected chi connectivity index (χ0v) is 16.0. The molecule has 0 spiro atoms. The predicted molar refractivity (Wildman–Crippen MR) is 99.5 cm³/mol. The zero-order valence-electron chi connectivity index (χ0n) is 15.2. The Kier molecular flexibility index (Phi) is 6.59. The van der Waals surface area contributed by atoms with Crippen LogP contribution in [-0.4, -0.2) is 50.0 Å². The van der Waals surface area contributed by atoms with Crippen molar-refractivity contribution in [1.29, 1.82) is 0 Å². The fraction of sp³-hybridized carbons (Fsp3) is 0.250. The Bertz CT molecular complexity index is 997. The molecule has 1 heterocycles. The van der Waals surface area contributed by atoms with Gasteiger partial charge in [-0.3, -0.25) is 0 Å². The number of ether oxygens (including phenoxy) is 1. The first-order chi connectivity index (χ1) is 13.1. The number of hydrogen-bond acceptors (Lipinski definition) is 9. The van der Waals surface area contributed by atoms with E-state index in [0.29, 0.717) is 0 Å². The number of benzene rings is 1. The number of carbonyl (C=O) groups is 1. The van der Waals surface area contributed by atoms with Crippen LogP contribution in [0.4, 0.5) is 16.3 Å². The molecule has 2 rings (SSSR count). The standard InChI is InChI=1S/C16H19FN6O4S/c1-4-7-19-28(25,26)12-8-10(5-6-11(12)17)14(24)27-9-13-20-15(18)22-16(21-13)23(2)3/h4-6,8,19H,1,7,9H2,2-3H3,(H2,18,20,21,22). The summed E-state index contributed by atoms with van der Waals surface area (Å²) < 4.78 is 45.3. The number of nitrogens with one attached hydrogen (secondary N) is 1. The molecule has 3 N–H and O–H groups in total. The molecule has 1 aromatic heterocycles. The Morgan fingerprint density at radius 3 is 2.71 bits per heavy atom. The van der Waals surface area contributed by atoms with Gasteiger partial charge in [0.25, 0.3) is 0 Å². The maximum atomic E-state index is 13.9. The third kappa shape index (κ3) is 5.20. The molecule has 0 atom stereocenters. The first-order valence-corrected chi connectivity index (χ1v) is 9.37. The number of nitrogens with two attached hydrogens (primary N) is 1. The highest BCUT2D eigenvalue weighted by atomic mass is 32.2. The van der Waals surface area contributed by atoms with Gasteiger partial charge in [-0.15, -0.1) is 6.58 Å². The van der Waals surface area contributed by atoms with Crippen molar-refractivity contribution in [2.24, 2.45) is 0 Å². The van der Waals surface area contributed by atoms with Crippen molar-refractivity contribution in [1.82, 2.24) is 19.7 Å². The van der Waals surface area contributed by atoms with Crippen molar-refractivity contribution >= 4 is 27.9 Å². The summed E-state index contributed by atoms with van der Waals surface area (Å²) in [5, 5.41) is 0. The normalized spacial score (nSPS) is 11.1. The van der Waals surface area contributed by atoms with Crippen LogP contribution in [0.25, 0.3) is 0 Å². The molecule has 0 radical (unpaired) electrons. The van der Waals surface area contributed by atoms with Crippen LogP contribution in [0.1, 0.15) is 16.2 Å². The van der Waals surface area contributed by atoms with Crippen LogP contribution in [0, 0.1) is 5.82 Å². The van der Waals surface area contributed by atoms with Crippen molar-refractivity contribution in [3.8, 4) is 0 Å². The van der Waals surface area contributed by atoms with E-state index in [2.05, 4.69) is 26.3 Å². The molecular weight excluding hydrogens is 391 g/mol. The fourth-order valence-electron chi connectivity index (χ4n) is 1.99. The monoisotopic (exact) mass is 410 g/mol. The summed E-state index contributed by atoms with van der Waals surface area (Å²) in [7, 11) is -0.756. The van der Waals surface area contributed by atoms with Crippen LogP contribution in [0.5, 0.6) is 0 Å². The number of nitrogen functional groups attached to an aromatic ring is 1. The minimum Gasteiger partial charge on any atom is -0.454 e. The minimum atomic E-state index is -4.16. The average Bonchev–Trinajstić information content (AvgIpc) is 2.64. The summed E-state index contributed by atoms with van der Waals surface area (Å²) in [4.78, 5) is 25.0. The van der Waals surface area contributed by atoms with Gasteiger partial charge in [0.1, 0.15) is 10.7 Å². The fourth-order valence-corrected chi connectivity index (χ4v) is 3.09. The molecule has 12 heteroatoms. The number of aromatic nitrogens is 3. The van der Waals surface area contributed by atoms with E-state index < -0.39 is 26.7 Å². The van der Waals surface area contributed by atoms with E-state index in [9.17, 15) is 17.6 Å². The van der Waals surface area contributed by atoms with Gasteiger partial charge in [0.05, 0.1) is 5.56 Å². The topological polar surface area (TPSA) is 140 Å². The molecule has 0 aliphatic carbocycles. The maximum absolute atomic E-state index is 13.9. The lowest BCUT2D eigenvalue weighted by Gasteiger charge is -2.12. The second kappa shape index (κ2) is 8.71. The van der Waals surface area contributed by atoms with Gasteiger partial charge in [0, 0.05) is 20.6 Å². The highest BCUT2D eigenvalue weighted by molar-refractivity contribution is 7.89. The van der Waals surface area contributed by atoms with Crippen LogP contribution in [0.15, 0.2) is 35.7 Å². The molecule has 0 unspecified atom stereocenters. The van der Waals surface area contributed by atoms with Gasteiger partial charge in [-0.05, 0) is 18.2 Å².